The Balaban J connectivity index is 1.06. The van der Waals surface area contributed by atoms with E-state index in [0.717, 1.165) is 75.0 Å². The van der Waals surface area contributed by atoms with E-state index in [0.29, 0.717) is 28.8 Å². The zero-order valence-corrected chi connectivity index (χ0v) is 29.4. The van der Waals surface area contributed by atoms with E-state index in [1.54, 1.807) is 24.3 Å². The summed E-state index contributed by atoms with van der Waals surface area (Å²) in [5.41, 5.74) is 5.72. The number of carboxylic acid groups (broad SMARTS) is 1. The van der Waals surface area contributed by atoms with E-state index in [2.05, 4.69) is 6.92 Å². The lowest BCUT2D eigenvalue weighted by Gasteiger charge is -2.37. The highest BCUT2D eigenvalue weighted by atomic mass is 32.2. The van der Waals surface area contributed by atoms with Crippen LogP contribution in [0.15, 0.2) is 71.6 Å². The molecule has 2 heterocycles. The predicted octanol–water partition coefficient (Wildman–Crippen LogP) is 7.64. The van der Waals surface area contributed by atoms with Gasteiger partial charge in [-0.3, -0.25) is 14.9 Å². The van der Waals surface area contributed by atoms with Crippen LogP contribution in [0.1, 0.15) is 47.0 Å². The van der Waals surface area contributed by atoms with Crippen molar-refractivity contribution in [2.24, 2.45) is 7.05 Å². The summed E-state index contributed by atoms with van der Waals surface area (Å²) < 4.78 is 20.8. The molecule has 11 nitrogen and oxygen atoms in total. The fourth-order valence-corrected chi connectivity index (χ4v) is 7.14. The van der Waals surface area contributed by atoms with Crippen molar-refractivity contribution in [1.82, 2.24) is 9.55 Å². The largest absolute Gasteiger partial charge is 0.507 e. The van der Waals surface area contributed by atoms with Crippen LogP contribution in [-0.2, 0) is 31.3 Å². The van der Waals surface area contributed by atoms with Crippen molar-refractivity contribution in [3.63, 3.8) is 0 Å². The molecule has 0 amide bonds. The van der Waals surface area contributed by atoms with Gasteiger partial charge in [0.25, 0.3) is 5.69 Å². The van der Waals surface area contributed by atoms with E-state index in [1.165, 1.54) is 12.1 Å². The minimum Gasteiger partial charge on any atom is -0.507 e. The van der Waals surface area contributed by atoms with Gasteiger partial charge in [0.05, 0.1) is 16.0 Å². The van der Waals surface area contributed by atoms with Crippen LogP contribution < -0.4 is 14.2 Å². The molecule has 2 N–H and O–H groups in total. The lowest BCUT2D eigenvalue weighted by Crippen LogP contribution is -2.42. The molecule has 6 rings (SSSR count). The van der Waals surface area contributed by atoms with Crippen LogP contribution in [0.25, 0.3) is 11.0 Å². The Bertz CT molecular complexity index is 2080. The fraction of sp³-hybridized carbons (Fsp3) is 0.316. The standard InChI is InChI=1S/C38H39N3O8S/c1-22-23(2)36-30(24(3)35(22)42)16-17-38(4,49-36)21-48-28-12-15-31-32(19-28)40(5)34(39-31)20-47-27-10-6-25(7-11-27)18-33(37(43)44)50-29-13-8-26(9-14-29)41(45)46/h6-15,19,33,42H,16-18,20-21H2,1-5H3,(H,43,44). The number of fused-ring (bicyclic) bond motifs is 2. The molecule has 4 aromatic carbocycles. The molecular weight excluding hydrogens is 658 g/mol. The van der Waals surface area contributed by atoms with Crippen LogP contribution in [0.3, 0.4) is 0 Å². The Hall–Kier alpha value is -5.23. The number of ether oxygens (including phenoxy) is 3. The van der Waals surface area contributed by atoms with E-state index in [4.69, 9.17) is 19.2 Å². The minimum absolute atomic E-state index is 0.0413. The number of hydrogen-bond acceptors (Lipinski definition) is 9. The van der Waals surface area contributed by atoms with Crippen LogP contribution >= 0.6 is 11.8 Å². The highest BCUT2D eigenvalue weighted by molar-refractivity contribution is 8.00. The molecule has 2 unspecified atom stereocenters. The molecule has 5 aromatic rings. The van der Waals surface area contributed by atoms with Crippen molar-refractivity contribution >= 4 is 34.5 Å². The normalized spacial score (nSPS) is 16.0. The van der Waals surface area contributed by atoms with Gasteiger partial charge in [0, 0.05) is 35.7 Å². The molecule has 260 valence electrons. The topological polar surface area (TPSA) is 146 Å². The monoisotopic (exact) mass is 697 g/mol. The molecule has 0 spiro atoms. The maximum atomic E-state index is 12.0. The van der Waals surface area contributed by atoms with Gasteiger partial charge in [0.1, 0.15) is 52.9 Å². The van der Waals surface area contributed by atoms with Gasteiger partial charge in [0.2, 0.25) is 0 Å². The highest BCUT2D eigenvalue weighted by Crippen LogP contribution is 2.43. The molecular formula is C38H39N3O8S. The quantitative estimate of drug-likeness (QED) is 0.0758. The second kappa shape index (κ2) is 13.9. The number of aliphatic carboxylic acids is 1. The first-order valence-electron chi connectivity index (χ1n) is 16.3. The number of phenolic OH excluding ortho intramolecular Hbond substituents is 1. The molecule has 1 aliphatic heterocycles. The number of non-ortho nitro benzene ring substituents is 1. The van der Waals surface area contributed by atoms with Gasteiger partial charge in [-0.05, 0) is 106 Å². The number of aromatic nitrogens is 2. The smallest absolute Gasteiger partial charge is 0.317 e. The number of hydrogen-bond donors (Lipinski definition) is 2. The van der Waals surface area contributed by atoms with Crippen LogP contribution in [0, 0.1) is 30.9 Å². The first-order valence-corrected chi connectivity index (χ1v) is 17.1. The number of aromatic hydroxyl groups is 1. The summed E-state index contributed by atoms with van der Waals surface area (Å²) in [5.74, 6) is 2.29. The average molecular weight is 698 g/mol. The molecule has 0 saturated heterocycles. The van der Waals surface area contributed by atoms with E-state index >= 15 is 0 Å². The van der Waals surface area contributed by atoms with E-state index in [1.807, 2.05) is 62.7 Å². The number of nitro groups is 1. The first-order chi connectivity index (χ1) is 23.8. The predicted molar refractivity (Wildman–Crippen MR) is 191 cm³/mol. The molecule has 2 atom stereocenters. The third-order valence-electron chi connectivity index (χ3n) is 9.40. The Kier molecular flexibility index (Phi) is 9.66. The maximum Gasteiger partial charge on any atom is 0.317 e. The summed E-state index contributed by atoms with van der Waals surface area (Å²) in [7, 11) is 1.93. The Morgan fingerprint density at radius 2 is 1.74 bits per heavy atom. The molecule has 50 heavy (non-hydrogen) atoms. The Labute approximate surface area is 294 Å². The zero-order chi connectivity index (χ0) is 35.7. The summed E-state index contributed by atoms with van der Waals surface area (Å²) in [4.78, 5) is 27.8. The highest BCUT2D eigenvalue weighted by Gasteiger charge is 2.35. The van der Waals surface area contributed by atoms with Crippen LogP contribution in [0.2, 0.25) is 0 Å². The lowest BCUT2D eigenvalue weighted by molar-refractivity contribution is -0.384. The second-order valence-corrected chi connectivity index (χ2v) is 14.2. The zero-order valence-electron chi connectivity index (χ0n) is 28.6. The number of carboxylic acids is 1. The van der Waals surface area contributed by atoms with Crippen molar-refractivity contribution in [3.05, 3.63) is 110 Å². The summed E-state index contributed by atoms with van der Waals surface area (Å²) in [5, 5.41) is 30.5. The number of carbonyl (C=O) groups is 1. The third kappa shape index (κ3) is 7.20. The van der Waals surface area contributed by atoms with Crippen molar-refractivity contribution < 1.29 is 34.1 Å². The van der Waals surface area contributed by atoms with Gasteiger partial charge in [-0.2, -0.15) is 0 Å². The SMILES string of the molecule is Cc1c(C)c2c(c(C)c1O)CCC(C)(COc1ccc3nc(COc4ccc(CC(Sc5ccc([N+](=O)[O-])cc5)C(=O)O)cc4)n(C)c3c1)O2. The molecule has 0 fully saturated rings. The van der Waals surface area contributed by atoms with Gasteiger partial charge in [-0.1, -0.05) is 12.1 Å². The number of benzene rings is 4. The number of aryl methyl sites for hydroxylation is 1. The summed E-state index contributed by atoms with van der Waals surface area (Å²) >= 11 is 1.15. The second-order valence-electron chi connectivity index (χ2n) is 12.9. The van der Waals surface area contributed by atoms with E-state index in [-0.39, 0.29) is 18.7 Å². The van der Waals surface area contributed by atoms with Crippen molar-refractivity contribution in [2.75, 3.05) is 6.61 Å². The van der Waals surface area contributed by atoms with Gasteiger partial charge >= 0.3 is 5.97 Å². The average Bonchev–Trinajstić information content (AvgIpc) is 3.42. The number of thioether (sulfide) groups is 1. The van der Waals surface area contributed by atoms with Crippen LogP contribution in [0.5, 0.6) is 23.0 Å². The van der Waals surface area contributed by atoms with Gasteiger partial charge in [-0.25, -0.2) is 4.98 Å². The number of nitrogens with zero attached hydrogens (tertiary/aromatic N) is 3. The van der Waals surface area contributed by atoms with Crippen molar-refractivity contribution in [2.45, 2.75) is 69.3 Å². The maximum absolute atomic E-state index is 12.0. The summed E-state index contributed by atoms with van der Waals surface area (Å²) in [6.07, 6.45) is 1.84. The minimum atomic E-state index is -0.964. The third-order valence-corrected chi connectivity index (χ3v) is 10.6. The van der Waals surface area contributed by atoms with Gasteiger partial charge < -0.3 is 29.0 Å². The van der Waals surface area contributed by atoms with E-state index in [9.17, 15) is 25.1 Å². The number of rotatable bonds is 12. The van der Waals surface area contributed by atoms with Crippen molar-refractivity contribution in [1.29, 1.82) is 0 Å². The summed E-state index contributed by atoms with van der Waals surface area (Å²) in [6, 6.07) is 18.9. The molecule has 0 aliphatic carbocycles. The Morgan fingerprint density at radius 1 is 1.04 bits per heavy atom. The molecule has 0 bridgehead atoms. The fourth-order valence-electron chi connectivity index (χ4n) is 6.14. The molecule has 1 aromatic heterocycles. The molecule has 0 radical (unpaired) electrons. The first kappa shape index (κ1) is 34.6. The van der Waals surface area contributed by atoms with Crippen LogP contribution in [-0.4, -0.2) is 48.1 Å². The van der Waals surface area contributed by atoms with Gasteiger partial charge in [-0.15, -0.1) is 11.8 Å². The van der Waals surface area contributed by atoms with Crippen LogP contribution in [0.4, 0.5) is 5.69 Å². The molecule has 0 saturated carbocycles. The lowest BCUT2D eigenvalue weighted by atomic mass is 9.87. The molecule has 1 aliphatic rings. The molecule has 12 heteroatoms. The summed E-state index contributed by atoms with van der Waals surface area (Å²) in [6.45, 7) is 8.49. The van der Waals surface area contributed by atoms with Crippen molar-refractivity contribution in [3.8, 4) is 23.0 Å². The number of nitro benzene ring substituents is 1. The van der Waals surface area contributed by atoms with E-state index < -0.39 is 21.7 Å². The van der Waals surface area contributed by atoms with Gasteiger partial charge in [0.15, 0.2) is 0 Å². The number of phenols is 1. The number of imidazole rings is 1. The Morgan fingerprint density at radius 3 is 2.42 bits per heavy atom.